The summed E-state index contributed by atoms with van der Waals surface area (Å²) in [6, 6.07) is 7.01. The van der Waals surface area contributed by atoms with Crippen LogP contribution in [0.5, 0.6) is 0 Å². The number of imidazole rings is 1. The lowest BCUT2D eigenvalue weighted by Gasteiger charge is -2.32. The third-order valence-electron chi connectivity index (χ3n) is 7.98. The Bertz CT molecular complexity index is 1490. The summed E-state index contributed by atoms with van der Waals surface area (Å²) in [5, 5.41) is 3.06. The average Bonchev–Trinajstić information content (AvgIpc) is 3.45. The maximum absolute atomic E-state index is 15.1. The van der Waals surface area contributed by atoms with Gasteiger partial charge in [0.2, 0.25) is 5.95 Å². The number of benzene rings is 1. The van der Waals surface area contributed by atoms with Crippen molar-refractivity contribution >= 4 is 22.8 Å². The molecule has 0 amide bonds. The first-order chi connectivity index (χ1) is 18.0. The van der Waals surface area contributed by atoms with Crippen molar-refractivity contribution in [2.45, 2.75) is 37.8 Å². The van der Waals surface area contributed by atoms with Crippen molar-refractivity contribution in [2.24, 2.45) is 0 Å². The van der Waals surface area contributed by atoms with Crippen molar-refractivity contribution in [3.05, 3.63) is 59.7 Å². The molecule has 1 saturated carbocycles. The van der Waals surface area contributed by atoms with Crippen molar-refractivity contribution < 1.29 is 8.78 Å². The molecule has 3 aromatic heterocycles. The molecule has 1 N–H and O–H groups in total. The Kier molecular flexibility index (Phi) is 5.23. The number of fused-ring (bicyclic) bond motifs is 4. The van der Waals surface area contributed by atoms with Gasteiger partial charge in [0.25, 0.3) is 0 Å². The molecule has 4 aromatic rings. The normalized spacial score (nSPS) is 19.0. The Labute approximate surface area is 213 Å². The van der Waals surface area contributed by atoms with E-state index < -0.39 is 11.6 Å². The molecule has 0 bridgehead atoms. The van der Waals surface area contributed by atoms with E-state index >= 15 is 4.39 Å². The molecule has 0 atom stereocenters. The Hall–Kier alpha value is -3.50. The molecular formula is C27H28F2N8. The second-order valence-corrected chi connectivity index (χ2v) is 10.6. The number of aromatic nitrogens is 5. The highest BCUT2D eigenvalue weighted by Crippen LogP contribution is 2.53. The minimum absolute atomic E-state index is 0.0448. The van der Waals surface area contributed by atoms with Crippen LogP contribution in [0.15, 0.2) is 36.7 Å². The van der Waals surface area contributed by atoms with Gasteiger partial charge in [0.15, 0.2) is 11.6 Å². The molecule has 190 valence electrons. The van der Waals surface area contributed by atoms with Crippen molar-refractivity contribution in [2.75, 3.05) is 38.5 Å². The zero-order chi connectivity index (χ0) is 25.1. The lowest BCUT2D eigenvalue weighted by atomic mass is 10.1. The predicted molar refractivity (Wildman–Crippen MR) is 136 cm³/mol. The van der Waals surface area contributed by atoms with Crippen LogP contribution >= 0.6 is 0 Å². The average molecular weight is 503 g/mol. The van der Waals surface area contributed by atoms with E-state index in [1.165, 1.54) is 6.07 Å². The zero-order valence-electron chi connectivity index (χ0n) is 20.7. The van der Waals surface area contributed by atoms with Crippen LogP contribution < -0.4 is 5.32 Å². The van der Waals surface area contributed by atoms with Gasteiger partial charge in [-0.3, -0.25) is 4.90 Å². The second kappa shape index (κ2) is 8.53. The van der Waals surface area contributed by atoms with Crippen LogP contribution in [0.3, 0.4) is 0 Å². The van der Waals surface area contributed by atoms with Crippen LogP contribution in [-0.4, -0.2) is 67.5 Å². The highest BCUT2D eigenvalue weighted by molar-refractivity contribution is 5.83. The quantitative estimate of drug-likeness (QED) is 0.441. The summed E-state index contributed by atoms with van der Waals surface area (Å²) in [7, 11) is 2.14. The highest BCUT2D eigenvalue weighted by atomic mass is 19.1. The maximum atomic E-state index is 15.1. The SMILES string of the molecule is CN1CCN(Cc2ccc(Nc3ncc(F)c(-c4cc(F)c5nc6n(c5c4)C4(CC6)CC4)n3)nc2)CC1. The van der Waals surface area contributed by atoms with Crippen LogP contribution in [0, 0.1) is 11.6 Å². The lowest BCUT2D eigenvalue weighted by Crippen LogP contribution is -2.43. The molecule has 2 fully saturated rings. The topological polar surface area (TPSA) is 75.0 Å². The minimum atomic E-state index is -0.609. The fourth-order valence-electron chi connectivity index (χ4n) is 5.69. The number of anilines is 2. The van der Waals surface area contributed by atoms with E-state index in [1.54, 1.807) is 6.07 Å². The van der Waals surface area contributed by atoms with Gasteiger partial charge in [-0.1, -0.05) is 6.07 Å². The van der Waals surface area contributed by atoms with Crippen LogP contribution in [0.2, 0.25) is 0 Å². The number of halogens is 2. The molecule has 1 spiro atoms. The predicted octanol–water partition coefficient (Wildman–Crippen LogP) is 4.09. The van der Waals surface area contributed by atoms with Crippen LogP contribution in [0.25, 0.3) is 22.3 Å². The summed E-state index contributed by atoms with van der Waals surface area (Å²) >= 11 is 0. The first kappa shape index (κ1) is 22.7. The number of hydrogen-bond donors (Lipinski definition) is 1. The smallest absolute Gasteiger partial charge is 0.229 e. The molecule has 5 heterocycles. The van der Waals surface area contributed by atoms with Crippen LogP contribution in [-0.2, 0) is 18.5 Å². The molecule has 37 heavy (non-hydrogen) atoms. The number of piperazine rings is 1. The second-order valence-electron chi connectivity index (χ2n) is 10.6. The standard InChI is InChI=1S/C27H28F2N8/c1-35-8-10-36(11-9-35)16-17-2-3-22(30-14-17)32-26-31-15-20(29)24(34-26)18-12-19(28)25-21(13-18)37-23(33-25)4-5-27(37)6-7-27/h2-3,12-15H,4-11,16H2,1H3,(H,30,31,32,34). The molecule has 2 aliphatic heterocycles. The first-order valence-corrected chi connectivity index (χ1v) is 12.8. The number of nitrogens with zero attached hydrogens (tertiary/aromatic N) is 7. The minimum Gasteiger partial charge on any atom is -0.322 e. The van der Waals surface area contributed by atoms with Crippen molar-refractivity contribution in [3.63, 3.8) is 0 Å². The van der Waals surface area contributed by atoms with Crippen LogP contribution in [0.1, 0.15) is 30.7 Å². The van der Waals surface area contributed by atoms with E-state index in [1.807, 2.05) is 18.3 Å². The third kappa shape index (κ3) is 4.04. The van der Waals surface area contributed by atoms with Gasteiger partial charge in [-0.25, -0.2) is 28.7 Å². The van der Waals surface area contributed by atoms with Gasteiger partial charge in [-0.2, -0.15) is 0 Å². The van der Waals surface area contributed by atoms with E-state index in [0.717, 1.165) is 76.0 Å². The van der Waals surface area contributed by atoms with Gasteiger partial charge in [0.1, 0.15) is 22.9 Å². The highest BCUT2D eigenvalue weighted by Gasteiger charge is 2.50. The molecule has 7 rings (SSSR count). The van der Waals surface area contributed by atoms with Gasteiger partial charge in [0, 0.05) is 56.4 Å². The molecule has 3 aliphatic rings. The molecular weight excluding hydrogens is 474 g/mol. The molecule has 1 aliphatic carbocycles. The summed E-state index contributed by atoms with van der Waals surface area (Å²) in [5.74, 6) is 0.604. The fraction of sp³-hybridized carbons (Fsp3) is 0.407. The van der Waals surface area contributed by atoms with E-state index in [9.17, 15) is 4.39 Å². The summed E-state index contributed by atoms with van der Waals surface area (Å²) in [5.41, 5.74) is 2.66. The third-order valence-corrected chi connectivity index (χ3v) is 7.98. The molecule has 0 radical (unpaired) electrons. The molecule has 10 heteroatoms. The van der Waals surface area contributed by atoms with E-state index in [-0.39, 0.29) is 17.2 Å². The van der Waals surface area contributed by atoms with Gasteiger partial charge in [-0.05, 0) is 50.1 Å². The van der Waals surface area contributed by atoms with Gasteiger partial charge in [-0.15, -0.1) is 0 Å². The number of hydrogen-bond acceptors (Lipinski definition) is 7. The number of pyridine rings is 1. The zero-order valence-corrected chi connectivity index (χ0v) is 20.7. The summed E-state index contributed by atoms with van der Waals surface area (Å²) < 4.78 is 32.1. The van der Waals surface area contributed by atoms with Crippen LogP contribution in [0.4, 0.5) is 20.5 Å². The monoisotopic (exact) mass is 502 g/mol. The fourth-order valence-corrected chi connectivity index (χ4v) is 5.69. The van der Waals surface area contributed by atoms with Gasteiger partial charge < -0.3 is 14.8 Å². The lowest BCUT2D eigenvalue weighted by molar-refractivity contribution is 0.148. The summed E-state index contributed by atoms with van der Waals surface area (Å²) in [6.45, 7) is 5.07. The van der Waals surface area contributed by atoms with Crippen molar-refractivity contribution in [3.8, 4) is 11.3 Å². The molecule has 8 nitrogen and oxygen atoms in total. The number of aryl methyl sites for hydroxylation is 1. The number of likely N-dealkylation sites (N-methyl/N-ethyl adjacent to an activating group) is 1. The van der Waals surface area contributed by atoms with Gasteiger partial charge >= 0.3 is 0 Å². The van der Waals surface area contributed by atoms with E-state index in [4.69, 9.17) is 0 Å². The van der Waals surface area contributed by atoms with Crippen molar-refractivity contribution in [1.82, 2.24) is 34.3 Å². The Morgan fingerprint density at radius 2 is 1.78 bits per heavy atom. The van der Waals surface area contributed by atoms with Crippen molar-refractivity contribution in [1.29, 1.82) is 0 Å². The molecule has 0 unspecified atom stereocenters. The first-order valence-electron chi connectivity index (χ1n) is 12.8. The van der Waals surface area contributed by atoms with E-state index in [2.05, 4.69) is 46.7 Å². The maximum Gasteiger partial charge on any atom is 0.229 e. The number of rotatable bonds is 5. The number of nitrogens with one attached hydrogen (secondary N) is 1. The Morgan fingerprint density at radius 3 is 2.54 bits per heavy atom. The largest absolute Gasteiger partial charge is 0.322 e. The van der Waals surface area contributed by atoms with E-state index in [0.29, 0.717) is 22.4 Å². The summed E-state index contributed by atoms with van der Waals surface area (Å²) in [4.78, 5) is 22.3. The summed E-state index contributed by atoms with van der Waals surface area (Å²) in [6.07, 6.45) is 6.98. The molecule has 1 aromatic carbocycles. The van der Waals surface area contributed by atoms with Gasteiger partial charge in [0.05, 0.1) is 11.7 Å². The Morgan fingerprint density at radius 1 is 0.946 bits per heavy atom. The Balaban J connectivity index is 1.14. The molecule has 1 saturated heterocycles.